The molecule has 6 aromatic rings. The lowest BCUT2D eigenvalue weighted by molar-refractivity contribution is 0.102. The number of carbonyl (C=O) groups excluding carboxylic acids is 1. The van der Waals surface area contributed by atoms with Crippen molar-refractivity contribution in [3.05, 3.63) is 71.9 Å². The normalized spacial score (nSPS) is 10.9. The van der Waals surface area contributed by atoms with Gasteiger partial charge in [0.25, 0.3) is 5.91 Å². The fourth-order valence-electron chi connectivity index (χ4n) is 4.36. The highest BCUT2D eigenvalue weighted by atomic mass is 32.1. The number of fused-ring (bicyclic) bond motifs is 1. The van der Waals surface area contributed by atoms with E-state index >= 15 is 0 Å². The molecule has 0 aliphatic heterocycles. The maximum absolute atomic E-state index is 12.9. The minimum atomic E-state index is -0.222. The average Bonchev–Trinajstić information content (AvgIpc) is 3.76. The lowest BCUT2D eigenvalue weighted by atomic mass is 10.1. The predicted octanol–water partition coefficient (Wildman–Crippen LogP) is 6.41. The van der Waals surface area contributed by atoms with E-state index in [0.717, 1.165) is 32.2 Å². The number of nitrogens with zero attached hydrogens (tertiary/aromatic N) is 3. The zero-order chi connectivity index (χ0) is 29.2. The Morgan fingerprint density at radius 2 is 1.76 bits per heavy atom. The van der Waals surface area contributed by atoms with Crippen LogP contribution >= 0.6 is 22.7 Å². The number of amides is 1. The van der Waals surface area contributed by atoms with Crippen LogP contribution in [0.15, 0.2) is 66.3 Å². The Bertz CT molecular complexity index is 1890. The molecule has 0 saturated carbocycles. The molecule has 0 bridgehead atoms. The lowest BCUT2D eigenvalue weighted by Gasteiger charge is -2.14. The minimum absolute atomic E-state index is 0.222. The molecule has 13 heteroatoms. The minimum Gasteiger partial charge on any atom is -0.493 e. The van der Waals surface area contributed by atoms with Gasteiger partial charge in [0.1, 0.15) is 15.7 Å². The standard InChI is InChI=1S/C29H25N7O4S2/c1-38-22-11-18(12-23(39-2)24(22)40-3)34-29-36-26(30)25(42-29)28-35-21(13-41-28)15-5-4-6-17(9-15)33-27(37)16-7-8-19-20(10-16)32-14-31-19/h4-14H,30H2,1-3H3,(H,31,32)(H,33,37)(H,34,36). The van der Waals surface area contributed by atoms with Crippen molar-refractivity contribution >= 4 is 61.9 Å². The molecule has 0 aliphatic rings. The van der Waals surface area contributed by atoms with E-state index < -0.39 is 0 Å². The molecule has 0 fully saturated rings. The van der Waals surface area contributed by atoms with Crippen molar-refractivity contribution in [2.45, 2.75) is 0 Å². The number of hydrogen-bond acceptors (Lipinski definition) is 11. The van der Waals surface area contributed by atoms with Crippen molar-refractivity contribution in [2.75, 3.05) is 37.7 Å². The van der Waals surface area contributed by atoms with Crippen LogP contribution in [0.1, 0.15) is 10.4 Å². The summed E-state index contributed by atoms with van der Waals surface area (Å²) >= 11 is 2.85. The molecule has 0 radical (unpaired) electrons. The fourth-order valence-corrected chi connectivity index (χ4v) is 6.19. The van der Waals surface area contributed by atoms with Crippen LogP contribution in [0, 0.1) is 0 Å². The van der Waals surface area contributed by atoms with E-state index in [1.54, 1.807) is 51.9 Å². The number of nitrogens with two attached hydrogens (primary N) is 1. The summed E-state index contributed by atoms with van der Waals surface area (Å²) in [6.45, 7) is 0. The number of nitrogens with one attached hydrogen (secondary N) is 3. The first kappa shape index (κ1) is 27.1. The predicted molar refractivity (Wildman–Crippen MR) is 166 cm³/mol. The zero-order valence-corrected chi connectivity index (χ0v) is 24.4. The Hall–Kier alpha value is -5.14. The van der Waals surface area contributed by atoms with Gasteiger partial charge in [-0.1, -0.05) is 23.5 Å². The second kappa shape index (κ2) is 11.4. The molecular formula is C29H25N7O4S2. The van der Waals surface area contributed by atoms with Crippen LogP contribution in [0.25, 0.3) is 32.2 Å². The SMILES string of the molecule is COc1cc(Nc2nc(N)c(-c3nc(-c4cccc(NC(=O)c5ccc6[nH]cnc6c5)c4)cs3)s2)cc(OC)c1OC. The van der Waals surface area contributed by atoms with Gasteiger partial charge in [0, 0.05) is 40.0 Å². The Morgan fingerprint density at radius 3 is 2.52 bits per heavy atom. The molecule has 1 amide bonds. The first-order valence-electron chi connectivity index (χ1n) is 12.6. The van der Waals surface area contributed by atoms with Gasteiger partial charge in [-0.2, -0.15) is 0 Å². The molecule has 6 rings (SSSR count). The molecule has 0 spiro atoms. The highest BCUT2D eigenvalue weighted by molar-refractivity contribution is 7.23. The topological polar surface area (TPSA) is 149 Å². The van der Waals surface area contributed by atoms with Gasteiger partial charge in [-0.25, -0.2) is 15.0 Å². The number of thiazole rings is 2. The van der Waals surface area contributed by atoms with Crippen LogP contribution in [0.5, 0.6) is 17.2 Å². The van der Waals surface area contributed by atoms with Crippen molar-refractivity contribution in [3.8, 4) is 38.4 Å². The van der Waals surface area contributed by atoms with E-state index in [0.29, 0.717) is 45.1 Å². The molecule has 0 atom stereocenters. The molecule has 5 N–H and O–H groups in total. The van der Waals surface area contributed by atoms with Crippen LogP contribution < -0.4 is 30.6 Å². The Kier molecular flexibility index (Phi) is 7.33. The molecule has 11 nitrogen and oxygen atoms in total. The maximum Gasteiger partial charge on any atom is 0.255 e. The maximum atomic E-state index is 12.9. The van der Waals surface area contributed by atoms with Gasteiger partial charge in [0.2, 0.25) is 5.75 Å². The summed E-state index contributed by atoms with van der Waals surface area (Å²) in [4.78, 5) is 30.2. The summed E-state index contributed by atoms with van der Waals surface area (Å²) < 4.78 is 16.3. The van der Waals surface area contributed by atoms with Gasteiger partial charge >= 0.3 is 0 Å². The first-order chi connectivity index (χ1) is 20.4. The Labute approximate surface area is 248 Å². The monoisotopic (exact) mass is 599 g/mol. The molecule has 0 saturated heterocycles. The van der Waals surface area contributed by atoms with Gasteiger partial charge in [0.15, 0.2) is 16.6 Å². The Morgan fingerprint density at radius 1 is 0.952 bits per heavy atom. The van der Waals surface area contributed by atoms with E-state index in [-0.39, 0.29) is 5.91 Å². The quantitative estimate of drug-likeness (QED) is 0.148. The summed E-state index contributed by atoms with van der Waals surface area (Å²) in [7, 11) is 4.68. The zero-order valence-electron chi connectivity index (χ0n) is 22.7. The highest BCUT2D eigenvalue weighted by Crippen LogP contribution is 2.43. The second-order valence-corrected chi connectivity index (χ2v) is 10.8. The van der Waals surface area contributed by atoms with E-state index in [2.05, 4.69) is 25.6 Å². The molecular weight excluding hydrogens is 574 g/mol. The van der Waals surface area contributed by atoms with Crippen LogP contribution in [-0.4, -0.2) is 47.2 Å². The number of imidazole rings is 1. The third-order valence-electron chi connectivity index (χ3n) is 6.37. The largest absolute Gasteiger partial charge is 0.493 e. The van der Waals surface area contributed by atoms with Crippen LogP contribution in [0.3, 0.4) is 0 Å². The number of rotatable bonds is 9. The van der Waals surface area contributed by atoms with Crippen molar-refractivity contribution < 1.29 is 19.0 Å². The first-order valence-corrected chi connectivity index (χ1v) is 14.3. The number of anilines is 4. The average molecular weight is 600 g/mol. The third kappa shape index (κ3) is 5.30. The number of H-pyrrole nitrogens is 1. The Balaban J connectivity index is 1.20. The number of aromatic amines is 1. The summed E-state index contributed by atoms with van der Waals surface area (Å²) in [5.41, 5.74) is 11.4. The number of methoxy groups -OCH3 is 3. The molecule has 3 aromatic heterocycles. The number of nitrogen functional groups attached to an aromatic ring is 1. The number of benzene rings is 3. The molecule has 3 heterocycles. The number of ether oxygens (including phenoxy) is 3. The number of aromatic nitrogens is 4. The second-order valence-electron chi connectivity index (χ2n) is 8.98. The van der Waals surface area contributed by atoms with Gasteiger partial charge in [-0.05, 0) is 30.3 Å². The molecule has 0 aliphatic carbocycles. The van der Waals surface area contributed by atoms with Gasteiger partial charge in [0.05, 0.1) is 44.4 Å². The van der Waals surface area contributed by atoms with E-state index in [1.165, 1.54) is 22.7 Å². The summed E-state index contributed by atoms with van der Waals surface area (Å²) in [5, 5.41) is 9.50. The molecule has 0 unspecified atom stereocenters. The van der Waals surface area contributed by atoms with Gasteiger partial charge in [-0.3, -0.25) is 4.79 Å². The number of hydrogen-bond donors (Lipinski definition) is 4. The van der Waals surface area contributed by atoms with Crippen molar-refractivity contribution in [2.24, 2.45) is 0 Å². The lowest BCUT2D eigenvalue weighted by Crippen LogP contribution is -2.11. The van der Waals surface area contributed by atoms with Crippen LogP contribution in [-0.2, 0) is 0 Å². The molecule has 3 aromatic carbocycles. The van der Waals surface area contributed by atoms with Gasteiger partial charge < -0.3 is 35.6 Å². The van der Waals surface area contributed by atoms with E-state index in [9.17, 15) is 4.79 Å². The molecule has 212 valence electrons. The van der Waals surface area contributed by atoms with Crippen LogP contribution in [0.4, 0.5) is 22.3 Å². The van der Waals surface area contributed by atoms with E-state index in [4.69, 9.17) is 24.9 Å². The molecule has 42 heavy (non-hydrogen) atoms. The van der Waals surface area contributed by atoms with Crippen LogP contribution in [0.2, 0.25) is 0 Å². The summed E-state index contributed by atoms with van der Waals surface area (Å²) in [5.74, 6) is 1.68. The van der Waals surface area contributed by atoms with E-state index in [1.807, 2.05) is 35.7 Å². The van der Waals surface area contributed by atoms with Gasteiger partial charge in [-0.15, -0.1) is 11.3 Å². The summed E-state index contributed by atoms with van der Waals surface area (Å²) in [6.07, 6.45) is 1.60. The van der Waals surface area contributed by atoms with Crippen molar-refractivity contribution in [1.82, 2.24) is 19.9 Å². The third-order valence-corrected chi connectivity index (χ3v) is 8.35. The highest BCUT2D eigenvalue weighted by Gasteiger charge is 2.18. The van der Waals surface area contributed by atoms with Crippen molar-refractivity contribution in [3.63, 3.8) is 0 Å². The smallest absolute Gasteiger partial charge is 0.255 e. The fraction of sp³-hybridized carbons (Fsp3) is 0.103. The number of carbonyl (C=O) groups is 1. The van der Waals surface area contributed by atoms with Crippen molar-refractivity contribution in [1.29, 1.82) is 0 Å². The summed E-state index contributed by atoms with van der Waals surface area (Å²) in [6, 6.07) is 16.5.